The second-order valence-electron chi connectivity index (χ2n) is 7.29. The second kappa shape index (κ2) is 7.66. The van der Waals surface area contributed by atoms with Gasteiger partial charge in [-0.05, 0) is 44.7 Å². The van der Waals surface area contributed by atoms with Gasteiger partial charge >= 0.3 is 0 Å². The molecule has 0 saturated carbocycles. The Morgan fingerprint density at radius 1 is 1.27 bits per heavy atom. The third kappa shape index (κ3) is 3.43. The number of nitrogens with zero attached hydrogens (tertiary/aromatic N) is 3. The molecule has 0 spiro atoms. The van der Waals surface area contributed by atoms with Crippen molar-refractivity contribution in [2.45, 2.75) is 45.3 Å². The van der Waals surface area contributed by atoms with E-state index in [4.69, 9.17) is 9.72 Å². The van der Waals surface area contributed by atoms with Gasteiger partial charge in [-0.15, -0.1) is 0 Å². The van der Waals surface area contributed by atoms with Crippen molar-refractivity contribution in [1.82, 2.24) is 14.9 Å². The predicted octanol–water partition coefficient (Wildman–Crippen LogP) is 2.57. The molecule has 0 radical (unpaired) electrons. The molecular formula is C20H28N4O2. The first kappa shape index (κ1) is 17.3. The lowest BCUT2D eigenvalue weighted by Gasteiger charge is -2.32. The van der Waals surface area contributed by atoms with Crippen LogP contribution in [0.5, 0.6) is 0 Å². The molecule has 0 aliphatic carbocycles. The molecule has 2 aliphatic heterocycles. The number of rotatable bonds is 5. The Kier molecular flexibility index (Phi) is 5.11. The highest BCUT2D eigenvalue weighted by molar-refractivity contribution is 5.80. The Hall–Kier alpha value is -2.08. The van der Waals surface area contributed by atoms with Crippen LogP contribution in [0.3, 0.4) is 0 Å². The number of amides is 1. The van der Waals surface area contributed by atoms with E-state index in [0.717, 1.165) is 63.4 Å². The summed E-state index contributed by atoms with van der Waals surface area (Å²) in [5, 5.41) is 3.09. The maximum Gasteiger partial charge on any atom is 0.223 e. The maximum absolute atomic E-state index is 12.5. The second-order valence-corrected chi connectivity index (χ2v) is 7.29. The molecule has 1 amide bonds. The number of carbonyl (C=O) groups is 1. The van der Waals surface area contributed by atoms with Crippen LogP contribution in [0.4, 0.5) is 5.95 Å². The van der Waals surface area contributed by atoms with Crippen molar-refractivity contribution in [2.75, 3.05) is 31.1 Å². The number of hydrogen-bond acceptors (Lipinski definition) is 4. The van der Waals surface area contributed by atoms with Crippen LogP contribution >= 0.6 is 0 Å². The molecule has 140 valence electrons. The van der Waals surface area contributed by atoms with Gasteiger partial charge in [-0.3, -0.25) is 4.79 Å². The fourth-order valence-electron chi connectivity index (χ4n) is 4.12. The van der Waals surface area contributed by atoms with Gasteiger partial charge in [0, 0.05) is 38.7 Å². The van der Waals surface area contributed by atoms with E-state index in [9.17, 15) is 4.79 Å². The standard InChI is InChI=1S/C20H28N4O2/c1-2-24-18-8-4-3-7-17(18)22-20(24)23-11-9-15(10-12-23)19(25)21-14-16-6-5-13-26-16/h3-4,7-8,15-16H,2,5-6,9-14H2,1H3,(H,21,25)/t16-/m1/s1. The summed E-state index contributed by atoms with van der Waals surface area (Å²) >= 11 is 0. The van der Waals surface area contributed by atoms with Gasteiger partial charge < -0.3 is 19.5 Å². The lowest BCUT2D eigenvalue weighted by molar-refractivity contribution is -0.126. The Bertz CT molecular complexity index is 758. The zero-order valence-corrected chi connectivity index (χ0v) is 15.5. The van der Waals surface area contributed by atoms with Crippen LogP contribution in [0.15, 0.2) is 24.3 Å². The lowest BCUT2D eigenvalue weighted by atomic mass is 9.96. The Morgan fingerprint density at radius 2 is 2.08 bits per heavy atom. The molecule has 1 N–H and O–H groups in total. The molecule has 2 aromatic rings. The topological polar surface area (TPSA) is 59.4 Å². The first-order chi connectivity index (χ1) is 12.8. The van der Waals surface area contributed by atoms with Crippen molar-refractivity contribution >= 4 is 22.9 Å². The number of aryl methyl sites for hydroxylation is 1. The molecule has 1 aromatic heterocycles. The first-order valence-electron chi connectivity index (χ1n) is 9.85. The molecule has 1 atom stereocenters. The first-order valence-corrected chi connectivity index (χ1v) is 9.85. The maximum atomic E-state index is 12.5. The number of piperidine rings is 1. The van der Waals surface area contributed by atoms with Gasteiger partial charge in [0.05, 0.1) is 17.1 Å². The molecule has 26 heavy (non-hydrogen) atoms. The van der Waals surface area contributed by atoms with Crippen LogP contribution in [0.25, 0.3) is 11.0 Å². The molecule has 4 rings (SSSR count). The van der Waals surface area contributed by atoms with Gasteiger partial charge in [0.25, 0.3) is 0 Å². The summed E-state index contributed by atoms with van der Waals surface area (Å²) < 4.78 is 7.86. The smallest absolute Gasteiger partial charge is 0.223 e. The third-order valence-electron chi connectivity index (χ3n) is 5.63. The molecule has 0 bridgehead atoms. The Labute approximate surface area is 154 Å². The van der Waals surface area contributed by atoms with Gasteiger partial charge in [-0.25, -0.2) is 4.98 Å². The zero-order valence-electron chi connectivity index (χ0n) is 15.5. The van der Waals surface area contributed by atoms with Gasteiger partial charge in [0.15, 0.2) is 0 Å². The minimum atomic E-state index is 0.104. The van der Waals surface area contributed by atoms with Crippen molar-refractivity contribution in [1.29, 1.82) is 0 Å². The highest BCUT2D eigenvalue weighted by Crippen LogP contribution is 2.27. The van der Waals surface area contributed by atoms with Crippen LogP contribution in [0.1, 0.15) is 32.6 Å². The van der Waals surface area contributed by atoms with Crippen molar-refractivity contribution in [3.8, 4) is 0 Å². The molecule has 6 nitrogen and oxygen atoms in total. The van der Waals surface area contributed by atoms with E-state index in [-0.39, 0.29) is 17.9 Å². The highest BCUT2D eigenvalue weighted by atomic mass is 16.5. The molecule has 2 saturated heterocycles. The largest absolute Gasteiger partial charge is 0.376 e. The van der Waals surface area contributed by atoms with Crippen LogP contribution in [-0.4, -0.2) is 47.8 Å². The van der Waals surface area contributed by atoms with Crippen molar-refractivity contribution in [3.63, 3.8) is 0 Å². The summed E-state index contributed by atoms with van der Waals surface area (Å²) in [5.41, 5.74) is 2.22. The van der Waals surface area contributed by atoms with Crippen molar-refractivity contribution in [2.24, 2.45) is 5.92 Å². The minimum Gasteiger partial charge on any atom is -0.376 e. The summed E-state index contributed by atoms with van der Waals surface area (Å²) in [7, 11) is 0. The average Bonchev–Trinajstić information content (AvgIpc) is 3.33. The number of carbonyl (C=O) groups excluding carboxylic acids is 1. The van der Waals surface area contributed by atoms with E-state index in [1.807, 2.05) is 6.07 Å². The number of nitrogens with one attached hydrogen (secondary N) is 1. The number of benzene rings is 1. The number of aromatic nitrogens is 2. The fourth-order valence-corrected chi connectivity index (χ4v) is 4.12. The number of anilines is 1. The molecule has 2 aliphatic rings. The average molecular weight is 356 g/mol. The van der Waals surface area contributed by atoms with Gasteiger partial charge in [-0.2, -0.15) is 0 Å². The van der Waals surface area contributed by atoms with Gasteiger partial charge in [-0.1, -0.05) is 12.1 Å². The molecule has 3 heterocycles. The summed E-state index contributed by atoms with van der Waals surface area (Å²) in [5.74, 6) is 1.32. The molecule has 6 heteroatoms. The van der Waals surface area contributed by atoms with E-state index < -0.39 is 0 Å². The predicted molar refractivity (Wildman–Crippen MR) is 102 cm³/mol. The number of hydrogen-bond donors (Lipinski definition) is 1. The Morgan fingerprint density at radius 3 is 2.81 bits per heavy atom. The van der Waals surface area contributed by atoms with Crippen LogP contribution in [0, 0.1) is 5.92 Å². The molecular weight excluding hydrogens is 328 g/mol. The summed E-state index contributed by atoms with van der Waals surface area (Å²) in [6.07, 6.45) is 4.14. The van der Waals surface area contributed by atoms with E-state index >= 15 is 0 Å². The van der Waals surface area contributed by atoms with E-state index in [1.54, 1.807) is 0 Å². The molecule has 2 fully saturated rings. The van der Waals surface area contributed by atoms with Crippen molar-refractivity contribution in [3.05, 3.63) is 24.3 Å². The number of fused-ring (bicyclic) bond motifs is 1. The monoisotopic (exact) mass is 356 g/mol. The fraction of sp³-hybridized carbons (Fsp3) is 0.600. The number of imidazole rings is 1. The number of para-hydroxylation sites is 2. The highest BCUT2D eigenvalue weighted by Gasteiger charge is 2.28. The van der Waals surface area contributed by atoms with Gasteiger partial charge in [0.1, 0.15) is 0 Å². The minimum absolute atomic E-state index is 0.104. The lowest BCUT2D eigenvalue weighted by Crippen LogP contribution is -2.43. The van der Waals surface area contributed by atoms with Crippen LogP contribution < -0.4 is 10.2 Å². The quantitative estimate of drug-likeness (QED) is 0.894. The number of ether oxygens (including phenoxy) is 1. The van der Waals surface area contributed by atoms with Crippen LogP contribution in [0.2, 0.25) is 0 Å². The van der Waals surface area contributed by atoms with Crippen LogP contribution in [-0.2, 0) is 16.1 Å². The van der Waals surface area contributed by atoms with Gasteiger partial charge in [0.2, 0.25) is 11.9 Å². The van der Waals surface area contributed by atoms with E-state index in [1.165, 1.54) is 5.52 Å². The zero-order chi connectivity index (χ0) is 17.9. The normalized spacial score (nSPS) is 21.4. The van der Waals surface area contributed by atoms with E-state index in [0.29, 0.717) is 6.54 Å². The third-order valence-corrected chi connectivity index (χ3v) is 5.63. The summed E-state index contributed by atoms with van der Waals surface area (Å²) in [4.78, 5) is 19.6. The van der Waals surface area contributed by atoms with Crippen molar-refractivity contribution < 1.29 is 9.53 Å². The SMILES string of the molecule is CCn1c(N2CCC(C(=O)NC[C@H]3CCCO3)CC2)nc2ccccc21. The summed E-state index contributed by atoms with van der Waals surface area (Å²) in [6, 6.07) is 8.28. The molecule has 1 aromatic carbocycles. The van der Waals surface area contributed by atoms with E-state index in [2.05, 4.69) is 39.9 Å². The molecule has 0 unspecified atom stereocenters. The Balaban J connectivity index is 1.36. The summed E-state index contributed by atoms with van der Waals surface area (Å²) in [6.45, 7) is 6.30.